The first-order valence-electron chi connectivity index (χ1n) is 3.40. The van der Waals surface area contributed by atoms with Crippen LogP contribution in [0.3, 0.4) is 0 Å². The molecule has 0 aliphatic rings. The van der Waals surface area contributed by atoms with Crippen LogP contribution in [0.4, 0.5) is 0 Å². The molecule has 2 heteroatoms. The van der Waals surface area contributed by atoms with Crippen LogP contribution < -0.4 is 0 Å². The standard InChI is InChI=1S/C6H7NO.C2H6/c1-7-3-2-6(4-7)5-8;1-2/h2-5H,1H3;1-2H3. The van der Waals surface area contributed by atoms with Crippen LogP contribution in [0.15, 0.2) is 18.5 Å². The highest BCUT2D eigenvalue weighted by Gasteiger charge is 1.86. The van der Waals surface area contributed by atoms with E-state index in [0.717, 1.165) is 11.8 Å². The highest BCUT2D eigenvalue weighted by atomic mass is 16.1. The summed E-state index contributed by atoms with van der Waals surface area (Å²) in [6.07, 6.45) is 4.44. The van der Waals surface area contributed by atoms with Gasteiger partial charge in [0, 0.05) is 25.0 Å². The summed E-state index contributed by atoms with van der Waals surface area (Å²) >= 11 is 0. The lowest BCUT2D eigenvalue weighted by Gasteiger charge is -1.80. The average molecular weight is 139 g/mol. The van der Waals surface area contributed by atoms with Crippen molar-refractivity contribution < 1.29 is 4.79 Å². The van der Waals surface area contributed by atoms with E-state index in [0.29, 0.717) is 0 Å². The molecule has 1 heterocycles. The first-order valence-corrected chi connectivity index (χ1v) is 3.40. The van der Waals surface area contributed by atoms with Crippen LogP contribution in [-0.4, -0.2) is 10.9 Å². The normalized spacial score (nSPS) is 7.90. The van der Waals surface area contributed by atoms with Gasteiger partial charge in [0.1, 0.15) is 0 Å². The van der Waals surface area contributed by atoms with Crippen LogP contribution in [0.1, 0.15) is 24.2 Å². The Balaban J connectivity index is 0.000000371. The smallest absolute Gasteiger partial charge is 0.151 e. The number of carbonyl (C=O) groups excluding carboxylic acids is 1. The van der Waals surface area contributed by atoms with Crippen molar-refractivity contribution in [2.45, 2.75) is 13.8 Å². The molecule has 0 saturated heterocycles. The maximum Gasteiger partial charge on any atom is 0.151 e. The van der Waals surface area contributed by atoms with Gasteiger partial charge in [-0.3, -0.25) is 4.79 Å². The highest BCUT2D eigenvalue weighted by Crippen LogP contribution is 1.92. The van der Waals surface area contributed by atoms with Crippen molar-refractivity contribution in [2.24, 2.45) is 7.05 Å². The number of rotatable bonds is 1. The van der Waals surface area contributed by atoms with Crippen molar-refractivity contribution in [3.8, 4) is 0 Å². The summed E-state index contributed by atoms with van der Waals surface area (Å²) in [5.74, 6) is 0. The van der Waals surface area contributed by atoms with Crippen LogP contribution in [0.2, 0.25) is 0 Å². The Kier molecular flexibility index (Phi) is 4.29. The summed E-state index contributed by atoms with van der Waals surface area (Å²) in [4.78, 5) is 10.0. The molecule has 1 aromatic rings. The van der Waals surface area contributed by atoms with E-state index in [2.05, 4.69) is 0 Å². The largest absolute Gasteiger partial charge is 0.357 e. The number of hydrogen-bond acceptors (Lipinski definition) is 1. The molecule has 0 N–H and O–H groups in total. The minimum atomic E-state index is 0.729. The Labute approximate surface area is 61.5 Å². The van der Waals surface area contributed by atoms with Gasteiger partial charge >= 0.3 is 0 Å². The fourth-order valence-electron chi connectivity index (χ4n) is 0.595. The molecule has 0 aromatic carbocycles. The molecule has 0 bridgehead atoms. The van der Waals surface area contributed by atoms with Crippen molar-refractivity contribution in [3.63, 3.8) is 0 Å². The lowest BCUT2D eigenvalue weighted by Crippen LogP contribution is -1.78. The summed E-state index contributed by atoms with van der Waals surface area (Å²) in [6.45, 7) is 4.00. The molecular formula is C8H13NO. The zero-order valence-corrected chi connectivity index (χ0v) is 6.66. The maximum atomic E-state index is 10.0. The Morgan fingerprint density at radius 1 is 1.50 bits per heavy atom. The predicted molar refractivity (Wildman–Crippen MR) is 42.1 cm³/mol. The number of nitrogens with zero attached hydrogens (tertiary/aromatic N) is 1. The number of aldehydes is 1. The molecule has 0 aliphatic carbocycles. The second-order valence-corrected chi connectivity index (χ2v) is 1.73. The van der Waals surface area contributed by atoms with E-state index in [1.54, 1.807) is 12.3 Å². The molecule has 0 spiro atoms. The van der Waals surface area contributed by atoms with Crippen molar-refractivity contribution in [2.75, 3.05) is 0 Å². The Morgan fingerprint density at radius 3 is 2.30 bits per heavy atom. The van der Waals surface area contributed by atoms with Crippen LogP contribution in [0.25, 0.3) is 0 Å². The predicted octanol–water partition coefficient (Wildman–Crippen LogP) is 1.86. The summed E-state index contributed by atoms with van der Waals surface area (Å²) in [5.41, 5.74) is 0.729. The zero-order chi connectivity index (χ0) is 7.98. The van der Waals surface area contributed by atoms with Crippen LogP contribution in [0.5, 0.6) is 0 Å². The van der Waals surface area contributed by atoms with E-state index < -0.39 is 0 Å². The Morgan fingerprint density at radius 2 is 2.10 bits per heavy atom. The van der Waals surface area contributed by atoms with Crippen molar-refractivity contribution in [1.82, 2.24) is 4.57 Å². The molecule has 0 atom stereocenters. The topological polar surface area (TPSA) is 22.0 Å². The molecule has 0 saturated carbocycles. The summed E-state index contributed by atoms with van der Waals surface area (Å²) in [7, 11) is 1.88. The molecule has 0 unspecified atom stereocenters. The van der Waals surface area contributed by atoms with E-state index in [1.165, 1.54) is 0 Å². The van der Waals surface area contributed by atoms with E-state index in [1.807, 2.05) is 31.7 Å². The second-order valence-electron chi connectivity index (χ2n) is 1.73. The lowest BCUT2D eigenvalue weighted by molar-refractivity contribution is 0.112. The lowest BCUT2D eigenvalue weighted by atomic mass is 10.4. The summed E-state index contributed by atoms with van der Waals surface area (Å²) in [6, 6.07) is 1.77. The van der Waals surface area contributed by atoms with Gasteiger partial charge in [-0.2, -0.15) is 0 Å². The molecule has 0 aliphatic heterocycles. The number of aromatic nitrogens is 1. The third-order valence-electron chi connectivity index (χ3n) is 0.991. The van der Waals surface area contributed by atoms with Gasteiger partial charge in [0.05, 0.1) is 0 Å². The molecular weight excluding hydrogens is 126 g/mol. The highest BCUT2D eigenvalue weighted by molar-refractivity contribution is 5.74. The van der Waals surface area contributed by atoms with Gasteiger partial charge in [-0.1, -0.05) is 13.8 Å². The third kappa shape index (κ3) is 2.49. The quantitative estimate of drug-likeness (QED) is 0.544. The first kappa shape index (κ1) is 8.95. The van der Waals surface area contributed by atoms with Crippen molar-refractivity contribution in [3.05, 3.63) is 24.0 Å². The van der Waals surface area contributed by atoms with E-state index in [4.69, 9.17) is 0 Å². The van der Waals surface area contributed by atoms with Gasteiger partial charge in [0.25, 0.3) is 0 Å². The minimum Gasteiger partial charge on any atom is -0.357 e. The molecule has 56 valence electrons. The molecule has 1 aromatic heterocycles. The number of aryl methyl sites for hydroxylation is 1. The fourth-order valence-corrected chi connectivity index (χ4v) is 0.595. The van der Waals surface area contributed by atoms with Gasteiger partial charge in [0.15, 0.2) is 6.29 Å². The van der Waals surface area contributed by atoms with Crippen LogP contribution in [0, 0.1) is 0 Å². The van der Waals surface area contributed by atoms with Gasteiger partial charge in [-0.05, 0) is 6.07 Å². The molecule has 0 radical (unpaired) electrons. The van der Waals surface area contributed by atoms with Gasteiger partial charge < -0.3 is 4.57 Å². The summed E-state index contributed by atoms with van der Waals surface area (Å²) < 4.78 is 1.84. The van der Waals surface area contributed by atoms with Crippen LogP contribution in [-0.2, 0) is 7.05 Å². The zero-order valence-electron chi connectivity index (χ0n) is 6.66. The molecule has 0 fully saturated rings. The molecule has 0 amide bonds. The molecule has 1 rings (SSSR count). The number of carbonyl (C=O) groups is 1. The third-order valence-corrected chi connectivity index (χ3v) is 0.991. The van der Waals surface area contributed by atoms with Crippen molar-refractivity contribution in [1.29, 1.82) is 0 Å². The van der Waals surface area contributed by atoms with Gasteiger partial charge in [-0.15, -0.1) is 0 Å². The maximum absolute atomic E-state index is 10.0. The first-order chi connectivity index (χ1) is 4.83. The fraction of sp³-hybridized carbons (Fsp3) is 0.375. The Hall–Kier alpha value is -1.05. The van der Waals surface area contributed by atoms with Gasteiger partial charge in [0.2, 0.25) is 0 Å². The van der Waals surface area contributed by atoms with E-state index in [9.17, 15) is 4.79 Å². The summed E-state index contributed by atoms with van der Waals surface area (Å²) in [5, 5.41) is 0. The SMILES string of the molecule is CC.Cn1ccc(C=O)c1. The second kappa shape index (κ2) is 4.79. The van der Waals surface area contributed by atoms with E-state index >= 15 is 0 Å². The average Bonchev–Trinajstić information content (AvgIpc) is 2.40. The van der Waals surface area contributed by atoms with E-state index in [-0.39, 0.29) is 0 Å². The molecule has 10 heavy (non-hydrogen) atoms. The van der Waals surface area contributed by atoms with Crippen LogP contribution >= 0.6 is 0 Å². The minimum absolute atomic E-state index is 0.729. The molecule has 2 nitrogen and oxygen atoms in total. The monoisotopic (exact) mass is 139 g/mol. The van der Waals surface area contributed by atoms with Gasteiger partial charge in [-0.25, -0.2) is 0 Å². The Bertz CT molecular complexity index is 191. The number of hydrogen-bond donors (Lipinski definition) is 0. The van der Waals surface area contributed by atoms with Crippen molar-refractivity contribution >= 4 is 6.29 Å².